The van der Waals surface area contributed by atoms with Crippen LogP contribution in [0.5, 0.6) is 5.75 Å². The van der Waals surface area contributed by atoms with Crippen LogP contribution in [0.1, 0.15) is 13.8 Å². The van der Waals surface area contributed by atoms with Gasteiger partial charge in [0, 0.05) is 11.9 Å². The van der Waals surface area contributed by atoms with Crippen LogP contribution in [0.15, 0.2) is 23.1 Å². The summed E-state index contributed by atoms with van der Waals surface area (Å²) in [6.07, 6.45) is 0.204. The Morgan fingerprint density at radius 1 is 1.58 bits per heavy atom. The van der Waals surface area contributed by atoms with Crippen LogP contribution in [0.25, 0.3) is 0 Å². The number of carboxylic acids is 1. The van der Waals surface area contributed by atoms with Gasteiger partial charge in [-0.1, -0.05) is 13.8 Å². The van der Waals surface area contributed by atoms with Crippen molar-refractivity contribution in [2.75, 3.05) is 24.2 Å². The van der Waals surface area contributed by atoms with Crippen molar-refractivity contribution >= 4 is 23.4 Å². The molecule has 0 fully saturated rings. The van der Waals surface area contributed by atoms with Gasteiger partial charge in [0.15, 0.2) is 0 Å². The molecule has 1 aliphatic heterocycles. The van der Waals surface area contributed by atoms with E-state index in [1.165, 1.54) is 11.8 Å². The molecule has 0 spiro atoms. The molecule has 0 aliphatic carbocycles. The normalized spacial score (nSPS) is 18.1. The Bertz CT molecular complexity index is 476. The second-order valence-electron chi connectivity index (χ2n) is 5.09. The average molecular weight is 281 g/mol. The Balaban J connectivity index is 2.17. The minimum absolute atomic E-state index is 0.0813. The van der Waals surface area contributed by atoms with E-state index in [0.717, 1.165) is 22.9 Å². The average Bonchev–Trinajstić information content (AvgIpc) is 2.36. The SMILES string of the molecule is CC(C)C1CN(C)c2cc(SCC(=O)O)ccc2O1. The number of likely N-dealkylation sites (N-methyl/N-ethyl adjacent to an activating group) is 1. The lowest BCUT2D eigenvalue weighted by atomic mass is 10.0. The second kappa shape index (κ2) is 5.74. The quantitative estimate of drug-likeness (QED) is 0.860. The zero-order chi connectivity index (χ0) is 14.0. The molecule has 19 heavy (non-hydrogen) atoms. The molecule has 1 aromatic rings. The third kappa shape index (κ3) is 3.35. The number of benzene rings is 1. The predicted octanol–water partition coefficient (Wildman–Crippen LogP) is 2.72. The first-order chi connectivity index (χ1) is 8.97. The number of rotatable bonds is 4. The van der Waals surface area contributed by atoms with Crippen molar-refractivity contribution in [3.05, 3.63) is 18.2 Å². The van der Waals surface area contributed by atoms with Gasteiger partial charge in [0.2, 0.25) is 0 Å². The molecule has 1 aliphatic rings. The largest absolute Gasteiger partial charge is 0.486 e. The summed E-state index contributed by atoms with van der Waals surface area (Å²) in [5.41, 5.74) is 1.03. The fourth-order valence-corrected chi connectivity index (χ4v) is 2.69. The summed E-state index contributed by atoms with van der Waals surface area (Å²) in [5.74, 6) is 0.633. The van der Waals surface area contributed by atoms with Gasteiger partial charge in [0.25, 0.3) is 0 Å². The Labute approximate surface area is 117 Å². The summed E-state index contributed by atoms with van der Waals surface area (Å²) in [4.78, 5) is 13.7. The first kappa shape index (κ1) is 14.1. The van der Waals surface area contributed by atoms with Gasteiger partial charge >= 0.3 is 5.97 Å². The molecular weight excluding hydrogens is 262 g/mol. The van der Waals surface area contributed by atoms with E-state index in [1.807, 2.05) is 25.2 Å². The van der Waals surface area contributed by atoms with E-state index in [0.29, 0.717) is 5.92 Å². The molecule has 0 radical (unpaired) electrons. The van der Waals surface area contributed by atoms with E-state index >= 15 is 0 Å². The van der Waals surface area contributed by atoms with Gasteiger partial charge in [-0.15, -0.1) is 11.8 Å². The van der Waals surface area contributed by atoms with Gasteiger partial charge in [-0.3, -0.25) is 4.79 Å². The molecule has 0 amide bonds. The number of anilines is 1. The first-order valence-corrected chi connectivity index (χ1v) is 7.32. The maximum absolute atomic E-state index is 10.6. The maximum Gasteiger partial charge on any atom is 0.313 e. The molecule has 4 nitrogen and oxygen atoms in total. The van der Waals surface area contributed by atoms with E-state index in [4.69, 9.17) is 9.84 Å². The van der Waals surface area contributed by atoms with E-state index in [9.17, 15) is 4.79 Å². The van der Waals surface area contributed by atoms with Crippen LogP contribution in [0.2, 0.25) is 0 Å². The second-order valence-corrected chi connectivity index (χ2v) is 6.14. The van der Waals surface area contributed by atoms with Crippen molar-refractivity contribution in [3.63, 3.8) is 0 Å². The summed E-state index contributed by atoms with van der Waals surface area (Å²) in [5, 5.41) is 8.71. The lowest BCUT2D eigenvalue weighted by Gasteiger charge is -2.36. The van der Waals surface area contributed by atoms with Crippen LogP contribution in [0.4, 0.5) is 5.69 Å². The molecule has 0 saturated carbocycles. The number of ether oxygens (including phenoxy) is 1. The third-order valence-corrected chi connectivity index (χ3v) is 4.16. The van der Waals surface area contributed by atoms with Crippen LogP contribution in [-0.4, -0.2) is 36.5 Å². The van der Waals surface area contributed by atoms with E-state index in [1.54, 1.807) is 0 Å². The van der Waals surface area contributed by atoms with Crippen LogP contribution in [0, 0.1) is 5.92 Å². The standard InChI is InChI=1S/C14H19NO3S/c1-9(2)13-7-15(3)11-6-10(19-8-14(16)17)4-5-12(11)18-13/h4-6,9,13H,7-8H2,1-3H3,(H,16,17). The number of hydrogen-bond acceptors (Lipinski definition) is 4. The molecule has 1 aromatic carbocycles. The van der Waals surface area contributed by atoms with Gasteiger partial charge < -0.3 is 14.7 Å². The zero-order valence-corrected chi connectivity index (χ0v) is 12.2. The summed E-state index contributed by atoms with van der Waals surface area (Å²) >= 11 is 1.33. The first-order valence-electron chi connectivity index (χ1n) is 6.34. The number of nitrogens with zero attached hydrogens (tertiary/aromatic N) is 1. The number of aliphatic carboxylic acids is 1. The van der Waals surface area contributed by atoms with Crippen molar-refractivity contribution in [3.8, 4) is 5.75 Å². The van der Waals surface area contributed by atoms with Gasteiger partial charge in [-0.2, -0.15) is 0 Å². The maximum atomic E-state index is 10.6. The Morgan fingerprint density at radius 2 is 2.32 bits per heavy atom. The lowest BCUT2D eigenvalue weighted by molar-refractivity contribution is -0.133. The molecule has 104 valence electrons. The number of carbonyl (C=O) groups is 1. The number of hydrogen-bond donors (Lipinski definition) is 1. The fraction of sp³-hybridized carbons (Fsp3) is 0.500. The van der Waals surface area contributed by atoms with Crippen LogP contribution >= 0.6 is 11.8 Å². The van der Waals surface area contributed by atoms with Crippen molar-refractivity contribution in [1.82, 2.24) is 0 Å². The van der Waals surface area contributed by atoms with Crippen LogP contribution < -0.4 is 9.64 Å². The number of carboxylic acid groups (broad SMARTS) is 1. The number of fused-ring (bicyclic) bond motifs is 1. The molecule has 0 aromatic heterocycles. The molecule has 1 atom stereocenters. The van der Waals surface area contributed by atoms with Crippen molar-refractivity contribution in [2.45, 2.75) is 24.8 Å². The molecule has 1 heterocycles. The molecule has 0 saturated heterocycles. The minimum Gasteiger partial charge on any atom is -0.486 e. The highest BCUT2D eigenvalue weighted by Crippen LogP contribution is 2.37. The molecule has 5 heteroatoms. The van der Waals surface area contributed by atoms with Crippen molar-refractivity contribution in [2.24, 2.45) is 5.92 Å². The molecule has 2 rings (SSSR count). The summed E-state index contributed by atoms with van der Waals surface area (Å²) in [6.45, 7) is 5.17. The zero-order valence-electron chi connectivity index (χ0n) is 11.4. The molecule has 0 bridgehead atoms. The Hall–Kier alpha value is -1.36. The van der Waals surface area contributed by atoms with E-state index in [-0.39, 0.29) is 11.9 Å². The van der Waals surface area contributed by atoms with Gasteiger partial charge in [0.05, 0.1) is 18.0 Å². The molecule has 1 unspecified atom stereocenters. The lowest BCUT2D eigenvalue weighted by Crippen LogP contribution is -2.40. The monoisotopic (exact) mass is 281 g/mol. The van der Waals surface area contributed by atoms with E-state index < -0.39 is 5.97 Å². The summed E-state index contributed by atoms with van der Waals surface area (Å²) < 4.78 is 5.98. The smallest absolute Gasteiger partial charge is 0.313 e. The highest BCUT2D eigenvalue weighted by Gasteiger charge is 2.25. The minimum atomic E-state index is -0.799. The van der Waals surface area contributed by atoms with Gasteiger partial charge in [0.1, 0.15) is 11.9 Å². The Morgan fingerprint density at radius 3 is 2.95 bits per heavy atom. The summed E-state index contributed by atoms with van der Waals surface area (Å²) in [7, 11) is 2.04. The Kier molecular flexibility index (Phi) is 4.24. The van der Waals surface area contributed by atoms with E-state index in [2.05, 4.69) is 18.7 Å². The highest BCUT2D eigenvalue weighted by atomic mass is 32.2. The van der Waals surface area contributed by atoms with Crippen LogP contribution in [-0.2, 0) is 4.79 Å². The van der Waals surface area contributed by atoms with Crippen LogP contribution in [0.3, 0.4) is 0 Å². The third-order valence-electron chi connectivity index (χ3n) is 3.18. The van der Waals surface area contributed by atoms with Crippen molar-refractivity contribution in [1.29, 1.82) is 0 Å². The summed E-state index contributed by atoms with van der Waals surface area (Å²) in [6, 6.07) is 5.85. The van der Waals surface area contributed by atoms with Gasteiger partial charge in [-0.25, -0.2) is 0 Å². The molecular formula is C14H19NO3S. The number of thioether (sulfide) groups is 1. The molecule has 1 N–H and O–H groups in total. The predicted molar refractivity (Wildman–Crippen MR) is 77.3 cm³/mol. The topological polar surface area (TPSA) is 49.8 Å². The fourth-order valence-electron chi connectivity index (χ4n) is 2.05. The highest BCUT2D eigenvalue weighted by molar-refractivity contribution is 8.00. The van der Waals surface area contributed by atoms with Crippen molar-refractivity contribution < 1.29 is 14.6 Å². The van der Waals surface area contributed by atoms with Gasteiger partial charge in [-0.05, 0) is 24.1 Å².